The lowest BCUT2D eigenvalue weighted by molar-refractivity contribution is -0.132. The highest BCUT2D eigenvalue weighted by Crippen LogP contribution is 2.16. The molecular formula is C22H26F2N2O3. The minimum Gasteiger partial charge on any atom is -0.492 e. The largest absolute Gasteiger partial charge is 0.492 e. The summed E-state index contributed by atoms with van der Waals surface area (Å²) in [5, 5.41) is 0. The number of rotatable bonds is 9. The Kier molecular flexibility index (Phi) is 7.81. The van der Waals surface area contributed by atoms with Gasteiger partial charge in [-0.15, -0.1) is 0 Å². The number of nitrogens with zero attached hydrogens (tertiary/aromatic N) is 2. The number of benzene rings is 2. The van der Waals surface area contributed by atoms with Crippen LogP contribution in [0.4, 0.5) is 8.78 Å². The van der Waals surface area contributed by atoms with Crippen LogP contribution in [0, 0.1) is 0 Å². The van der Waals surface area contributed by atoms with E-state index in [4.69, 9.17) is 4.74 Å². The van der Waals surface area contributed by atoms with Crippen LogP contribution in [0.2, 0.25) is 0 Å². The van der Waals surface area contributed by atoms with Gasteiger partial charge in [0.25, 0.3) is 0 Å². The molecule has 7 heteroatoms. The summed E-state index contributed by atoms with van der Waals surface area (Å²) < 4.78 is 34.4. The van der Waals surface area contributed by atoms with E-state index in [1.165, 1.54) is 12.1 Å². The van der Waals surface area contributed by atoms with Crippen molar-refractivity contribution < 1.29 is 23.0 Å². The summed E-state index contributed by atoms with van der Waals surface area (Å²) in [5.41, 5.74) is 0.927. The number of carbonyl (C=O) groups is 1. The molecule has 0 aromatic heterocycles. The molecule has 29 heavy (non-hydrogen) atoms. The Morgan fingerprint density at radius 1 is 0.931 bits per heavy atom. The quantitative estimate of drug-likeness (QED) is 0.642. The average molecular weight is 404 g/mol. The zero-order valence-corrected chi connectivity index (χ0v) is 16.3. The van der Waals surface area contributed by atoms with Crippen LogP contribution in [-0.4, -0.2) is 61.6 Å². The molecule has 5 nitrogen and oxygen atoms in total. The molecule has 0 N–H and O–H groups in total. The molecule has 1 aliphatic rings. The van der Waals surface area contributed by atoms with Crippen molar-refractivity contribution >= 4 is 5.91 Å². The third kappa shape index (κ3) is 7.02. The van der Waals surface area contributed by atoms with Crippen molar-refractivity contribution in [2.24, 2.45) is 0 Å². The Bertz CT molecular complexity index is 748. The number of halogens is 2. The van der Waals surface area contributed by atoms with Crippen molar-refractivity contribution in [2.45, 2.75) is 19.5 Å². The maximum atomic E-state index is 12.4. The number of aryl methyl sites for hydroxylation is 1. The van der Waals surface area contributed by atoms with Crippen molar-refractivity contribution in [2.75, 3.05) is 39.3 Å². The number of hydrogen-bond donors (Lipinski definition) is 0. The van der Waals surface area contributed by atoms with Crippen molar-refractivity contribution in [3.8, 4) is 11.5 Å². The lowest BCUT2D eigenvalue weighted by Crippen LogP contribution is -2.49. The van der Waals surface area contributed by atoms with Gasteiger partial charge in [-0.1, -0.05) is 30.3 Å². The molecular weight excluding hydrogens is 378 g/mol. The number of alkyl halides is 2. The van der Waals surface area contributed by atoms with Gasteiger partial charge in [-0.2, -0.15) is 8.78 Å². The summed E-state index contributed by atoms with van der Waals surface area (Å²) in [5.74, 6) is 1.12. The molecule has 0 bridgehead atoms. The van der Waals surface area contributed by atoms with Gasteiger partial charge < -0.3 is 14.4 Å². The first kappa shape index (κ1) is 21.0. The third-order valence-electron chi connectivity index (χ3n) is 4.92. The standard InChI is InChI=1S/C22H26F2N2O3/c23-22(24)29-20-9-6-18(7-10-20)8-11-21(27)26-14-12-25(13-15-26)16-17-28-19-4-2-1-3-5-19/h1-7,9-10,22H,8,11-17H2. The topological polar surface area (TPSA) is 42.0 Å². The van der Waals surface area contributed by atoms with E-state index in [0.29, 0.717) is 32.5 Å². The van der Waals surface area contributed by atoms with E-state index >= 15 is 0 Å². The molecule has 3 rings (SSSR count). The Labute approximate surface area is 169 Å². The predicted octanol–water partition coefficient (Wildman–Crippen LogP) is 3.44. The van der Waals surface area contributed by atoms with Gasteiger partial charge in [-0.05, 0) is 36.2 Å². The SMILES string of the molecule is O=C(CCc1ccc(OC(F)F)cc1)N1CCN(CCOc2ccccc2)CC1. The fourth-order valence-corrected chi connectivity index (χ4v) is 3.28. The number of carbonyl (C=O) groups excluding carboxylic acids is 1. The first-order valence-corrected chi connectivity index (χ1v) is 9.82. The second-order valence-corrected chi connectivity index (χ2v) is 6.91. The maximum absolute atomic E-state index is 12.4. The number of ether oxygens (including phenoxy) is 2. The Hall–Kier alpha value is -2.67. The van der Waals surface area contributed by atoms with E-state index in [-0.39, 0.29) is 11.7 Å². The van der Waals surface area contributed by atoms with Crippen LogP contribution in [0.5, 0.6) is 11.5 Å². The second-order valence-electron chi connectivity index (χ2n) is 6.91. The Morgan fingerprint density at radius 2 is 1.62 bits per heavy atom. The lowest BCUT2D eigenvalue weighted by atomic mass is 10.1. The lowest BCUT2D eigenvalue weighted by Gasteiger charge is -2.34. The van der Waals surface area contributed by atoms with Gasteiger partial charge in [0.2, 0.25) is 5.91 Å². The van der Waals surface area contributed by atoms with Crippen LogP contribution in [0.1, 0.15) is 12.0 Å². The van der Waals surface area contributed by atoms with Crippen LogP contribution in [0.3, 0.4) is 0 Å². The summed E-state index contributed by atoms with van der Waals surface area (Å²) in [4.78, 5) is 16.6. The molecule has 1 saturated heterocycles. The van der Waals surface area contributed by atoms with Gasteiger partial charge in [0.1, 0.15) is 18.1 Å². The summed E-state index contributed by atoms with van der Waals surface area (Å²) >= 11 is 0. The molecule has 0 spiro atoms. The first-order valence-electron chi connectivity index (χ1n) is 9.82. The Balaban J connectivity index is 1.33. The molecule has 1 aliphatic heterocycles. The van der Waals surface area contributed by atoms with Gasteiger partial charge >= 0.3 is 6.61 Å². The average Bonchev–Trinajstić information content (AvgIpc) is 2.74. The summed E-state index contributed by atoms with van der Waals surface area (Å²) in [6, 6.07) is 16.2. The highest BCUT2D eigenvalue weighted by molar-refractivity contribution is 5.76. The molecule has 2 aromatic carbocycles. The number of piperazine rings is 1. The fraction of sp³-hybridized carbons (Fsp3) is 0.409. The molecule has 0 saturated carbocycles. The van der Waals surface area contributed by atoms with Crippen LogP contribution >= 0.6 is 0 Å². The summed E-state index contributed by atoms with van der Waals surface area (Å²) in [7, 11) is 0. The van der Waals surface area contributed by atoms with E-state index in [2.05, 4.69) is 9.64 Å². The van der Waals surface area contributed by atoms with Gasteiger partial charge in [-0.25, -0.2) is 0 Å². The van der Waals surface area contributed by atoms with Crippen molar-refractivity contribution in [3.05, 3.63) is 60.2 Å². The van der Waals surface area contributed by atoms with Crippen molar-refractivity contribution in [1.29, 1.82) is 0 Å². The van der Waals surface area contributed by atoms with E-state index in [1.54, 1.807) is 12.1 Å². The smallest absolute Gasteiger partial charge is 0.387 e. The highest BCUT2D eigenvalue weighted by Gasteiger charge is 2.20. The molecule has 0 unspecified atom stereocenters. The Morgan fingerprint density at radius 3 is 2.28 bits per heavy atom. The number of amides is 1. The van der Waals surface area contributed by atoms with Gasteiger partial charge in [0, 0.05) is 39.1 Å². The normalized spacial score (nSPS) is 14.8. The third-order valence-corrected chi connectivity index (χ3v) is 4.92. The molecule has 156 valence electrons. The minimum absolute atomic E-state index is 0.123. The first-order chi connectivity index (χ1) is 14.1. The van der Waals surface area contributed by atoms with Gasteiger partial charge in [-0.3, -0.25) is 9.69 Å². The predicted molar refractivity (Wildman–Crippen MR) is 106 cm³/mol. The van der Waals surface area contributed by atoms with E-state index < -0.39 is 6.61 Å². The number of para-hydroxylation sites is 1. The van der Waals surface area contributed by atoms with E-state index in [0.717, 1.165) is 30.9 Å². The van der Waals surface area contributed by atoms with E-state index in [1.807, 2.05) is 35.2 Å². The van der Waals surface area contributed by atoms with Gasteiger partial charge in [0.15, 0.2) is 0 Å². The second kappa shape index (κ2) is 10.8. The molecule has 1 heterocycles. The summed E-state index contributed by atoms with van der Waals surface area (Å²) in [6.45, 7) is 1.74. The van der Waals surface area contributed by atoms with E-state index in [9.17, 15) is 13.6 Å². The minimum atomic E-state index is -2.83. The van der Waals surface area contributed by atoms with Gasteiger partial charge in [0.05, 0.1) is 0 Å². The van der Waals surface area contributed by atoms with Crippen LogP contribution < -0.4 is 9.47 Å². The zero-order chi connectivity index (χ0) is 20.5. The monoisotopic (exact) mass is 404 g/mol. The molecule has 1 amide bonds. The zero-order valence-electron chi connectivity index (χ0n) is 16.3. The molecule has 0 aliphatic carbocycles. The van der Waals surface area contributed by atoms with Crippen molar-refractivity contribution in [1.82, 2.24) is 9.80 Å². The molecule has 1 fully saturated rings. The van der Waals surface area contributed by atoms with Crippen LogP contribution in [-0.2, 0) is 11.2 Å². The number of hydrogen-bond acceptors (Lipinski definition) is 4. The highest BCUT2D eigenvalue weighted by atomic mass is 19.3. The fourth-order valence-electron chi connectivity index (χ4n) is 3.28. The molecule has 0 atom stereocenters. The molecule has 0 radical (unpaired) electrons. The van der Waals surface area contributed by atoms with Crippen LogP contribution in [0.25, 0.3) is 0 Å². The van der Waals surface area contributed by atoms with Crippen molar-refractivity contribution in [3.63, 3.8) is 0 Å². The molecule has 2 aromatic rings. The van der Waals surface area contributed by atoms with Crippen LogP contribution in [0.15, 0.2) is 54.6 Å². The maximum Gasteiger partial charge on any atom is 0.387 e. The summed E-state index contributed by atoms with van der Waals surface area (Å²) in [6.07, 6.45) is 0.991.